The SMILES string of the molecule is CC(C)(C)CCNC(=O)c1cc(F)cnc1Cl. The second kappa shape index (κ2) is 5.45. The van der Waals surface area contributed by atoms with Crippen molar-refractivity contribution in [3.8, 4) is 0 Å². The minimum Gasteiger partial charge on any atom is -0.352 e. The zero-order valence-electron chi connectivity index (χ0n) is 10.2. The number of aromatic nitrogens is 1. The molecule has 17 heavy (non-hydrogen) atoms. The van der Waals surface area contributed by atoms with E-state index in [-0.39, 0.29) is 16.1 Å². The maximum atomic E-state index is 12.9. The molecule has 0 aromatic carbocycles. The molecule has 0 aliphatic heterocycles. The van der Waals surface area contributed by atoms with Gasteiger partial charge in [-0.25, -0.2) is 9.37 Å². The molecule has 0 radical (unpaired) electrons. The van der Waals surface area contributed by atoms with Crippen LogP contribution in [0.25, 0.3) is 0 Å². The van der Waals surface area contributed by atoms with Crippen LogP contribution in [0.3, 0.4) is 0 Å². The number of carbonyl (C=O) groups excluding carboxylic acids is 1. The Morgan fingerprint density at radius 1 is 1.53 bits per heavy atom. The Morgan fingerprint density at radius 3 is 2.76 bits per heavy atom. The molecule has 0 aliphatic rings. The highest BCUT2D eigenvalue weighted by atomic mass is 35.5. The van der Waals surface area contributed by atoms with Crippen molar-refractivity contribution in [3.05, 3.63) is 28.8 Å². The number of nitrogens with one attached hydrogen (secondary N) is 1. The fourth-order valence-electron chi connectivity index (χ4n) is 1.23. The molecular weight excluding hydrogens is 243 g/mol. The highest BCUT2D eigenvalue weighted by molar-refractivity contribution is 6.32. The lowest BCUT2D eigenvalue weighted by atomic mass is 9.92. The smallest absolute Gasteiger partial charge is 0.254 e. The molecule has 0 spiro atoms. The van der Waals surface area contributed by atoms with E-state index in [9.17, 15) is 9.18 Å². The molecule has 0 saturated heterocycles. The van der Waals surface area contributed by atoms with Gasteiger partial charge in [-0.05, 0) is 17.9 Å². The first-order valence-corrected chi connectivity index (χ1v) is 5.76. The maximum absolute atomic E-state index is 12.9. The van der Waals surface area contributed by atoms with Crippen LogP contribution in [0.15, 0.2) is 12.3 Å². The third-order valence-corrected chi connectivity index (χ3v) is 2.51. The Hall–Kier alpha value is -1.16. The second-order valence-electron chi connectivity index (χ2n) is 5.06. The molecule has 0 atom stereocenters. The molecule has 0 aliphatic carbocycles. The molecule has 3 nitrogen and oxygen atoms in total. The van der Waals surface area contributed by atoms with Gasteiger partial charge in [0, 0.05) is 6.54 Å². The number of hydrogen-bond donors (Lipinski definition) is 1. The standard InChI is InChI=1S/C12H16ClFN2O/c1-12(2,3)4-5-15-11(17)9-6-8(14)7-16-10(9)13/h6-7H,4-5H2,1-3H3,(H,15,17). The van der Waals surface area contributed by atoms with E-state index in [2.05, 4.69) is 31.1 Å². The molecule has 0 fully saturated rings. The van der Waals surface area contributed by atoms with Crippen molar-refractivity contribution in [1.82, 2.24) is 10.3 Å². The molecule has 1 aromatic heterocycles. The van der Waals surface area contributed by atoms with E-state index in [4.69, 9.17) is 11.6 Å². The molecular formula is C12H16ClFN2O. The summed E-state index contributed by atoms with van der Waals surface area (Å²) in [6.07, 6.45) is 1.81. The first-order chi connectivity index (χ1) is 7.79. The van der Waals surface area contributed by atoms with Crippen LogP contribution in [0, 0.1) is 11.2 Å². The summed E-state index contributed by atoms with van der Waals surface area (Å²) in [6.45, 7) is 6.76. The monoisotopic (exact) mass is 258 g/mol. The fourth-order valence-corrected chi connectivity index (χ4v) is 1.42. The summed E-state index contributed by atoms with van der Waals surface area (Å²) in [5.41, 5.74) is 0.206. The highest BCUT2D eigenvalue weighted by Crippen LogP contribution is 2.17. The van der Waals surface area contributed by atoms with E-state index in [1.165, 1.54) is 0 Å². The topological polar surface area (TPSA) is 42.0 Å². The Labute approximate surface area is 105 Å². The molecule has 1 aromatic rings. The van der Waals surface area contributed by atoms with Crippen LogP contribution in [0.4, 0.5) is 4.39 Å². The number of pyridine rings is 1. The number of nitrogens with zero attached hydrogens (tertiary/aromatic N) is 1. The van der Waals surface area contributed by atoms with Crippen molar-refractivity contribution in [1.29, 1.82) is 0 Å². The zero-order chi connectivity index (χ0) is 13.1. The minimum atomic E-state index is -0.574. The van der Waals surface area contributed by atoms with Gasteiger partial charge in [0.1, 0.15) is 11.0 Å². The first kappa shape index (κ1) is 13.9. The van der Waals surface area contributed by atoms with Gasteiger partial charge in [0.05, 0.1) is 11.8 Å². The number of rotatable bonds is 3. The summed E-state index contributed by atoms with van der Waals surface area (Å²) in [5, 5.41) is 2.71. The van der Waals surface area contributed by atoms with Crippen LogP contribution in [-0.2, 0) is 0 Å². The van der Waals surface area contributed by atoms with Crippen molar-refractivity contribution in [3.63, 3.8) is 0 Å². The lowest BCUT2D eigenvalue weighted by Crippen LogP contribution is -2.27. The van der Waals surface area contributed by atoms with Crippen molar-refractivity contribution in [2.45, 2.75) is 27.2 Å². The van der Waals surface area contributed by atoms with Crippen LogP contribution < -0.4 is 5.32 Å². The summed E-state index contributed by atoms with van der Waals surface area (Å²) in [6, 6.07) is 1.09. The summed E-state index contributed by atoms with van der Waals surface area (Å²) in [4.78, 5) is 15.3. The fraction of sp³-hybridized carbons (Fsp3) is 0.500. The Balaban J connectivity index is 2.61. The molecule has 0 bridgehead atoms. The summed E-state index contributed by atoms with van der Waals surface area (Å²) >= 11 is 5.72. The van der Waals surface area contributed by atoms with Crippen molar-refractivity contribution >= 4 is 17.5 Å². The number of amides is 1. The van der Waals surface area contributed by atoms with Gasteiger partial charge in [-0.3, -0.25) is 4.79 Å². The Bertz CT molecular complexity index is 415. The van der Waals surface area contributed by atoms with Crippen LogP contribution >= 0.6 is 11.6 Å². The molecule has 1 N–H and O–H groups in total. The lowest BCUT2D eigenvalue weighted by Gasteiger charge is -2.18. The van der Waals surface area contributed by atoms with Gasteiger partial charge < -0.3 is 5.32 Å². The summed E-state index contributed by atoms with van der Waals surface area (Å²) < 4.78 is 12.9. The van der Waals surface area contributed by atoms with Gasteiger partial charge >= 0.3 is 0 Å². The van der Waals surface area contributed by atoms with E-state index in [1.54, 1.807) is 0 Å². The summed E-state index contributed by atoms with van der Waals surface area (Å²) in [5.74, 6) is -0.971. The van der Waals surface area contributed by atoms with Gasteiger partial charge in [-0.2, -0.15) is 0 Å². The quantitative estimate of drug-likeness (QED) is 0.847. The number of carbonyl (C=O) groups is 1. The largest absolute Gasteiger partial charge is 0.352 e. The predicted molar refractivity (Wildman–Crippen MR) is 65.6 cm³/mol. The Morgan fingerprint density at radius 2 is 2.18 bits per heavy atom. The van der Waals surface area contributed by atoms with Crippen LogP contribution in [0.5, 0.6) is 0 Å². The first-order valence-electron chi connectivity index (χ1n) is 5.39. The Kier molecular flexibility index (Phi) is 4.46. The average Bonchev–Trinajstić information content (AvgIpc) is 2.19. The third kappa shape index (κ3) is 4.69. The van der Waals surface area contributed by atoms with Crippen molar-refractivity contribution < 1.29 is 9.18 Å². The molecule has 94 valence electrons. The number of halogens is 2. The van der Waals surface area contributed by atoms with E-state index in [0.29, 0.717) is 6.54 Å². The van der Waals surface area contributed by atoms with Crippen molar-refractivity contribution in [2.24, 2.45) is 5.41 Å². The second-order valence-corrected chi connectivity index (χ2v) is 5.42. The predicted octanol–water partition coefficient (Wildman–Crippen LogP) is 3.04. The van der Waals surface area contributed by atoms with Crippen LogP contribution in [-0.4, -0.2) is 17.4 Å². The van der Waals surface area contributed by atoms with E-state index in [1.807, 2.05) is 0 Å². The summed E-state index contributed by atoms with van der Waals surface area (Å²) in [7, 11) is 0. The van der Waals surface area contributed by atoms with Gasteiger partial charge in [0.15, 0.2) is 0 Å². The van der Waals surface area contributed by atoms with Crippen molar-refractivity contribution in [2.75, 3.05) is 6.54 Å². The van der Waals surface area contributed by atoms with E-state index < -0.39 is 11.7 Å². The van der Waals surface area contributed by atoms with E-state index in [0.717, 1.165) is 18.7 Å². The lowest BCUT2D eigenvalue weighted by molar-refractivity contribution is 0.0949. The van der Waals surface area contributed by atoms with Gasteiger partial charge in [-0.1, -0.05) is 32.4 Å². The molecule has 0 unspecified atom stereocenters. The highest BCUT2D eigenvalue weighted by Gasteiger charge is 2.14. The third-order valence-electron chi connectivity index (χ3n) is 2.21. The van der Waals surface area contributed by atoms with E-state index >= 15 is 0 Å². The molecule has 1 heterocycles. The molecule has 1 rings (SSSR count). The van der Waals surface area contributed by atoms with Gasteiger partial charge in [0.25, 0.3) is 5.91 Å². The molecule has 5 heteroatoms. The van der Waals surface area contributed by atoms with Crippen LogP contribution in [0.2, 0.25) is 5.15 Å². The normalized spacial score (nSPS) is 11.4. The molecule has 1 amide bonds. The zero-order valence-corrected chi connectivity index (χ0v) is 10.9. The maximum Gasteiger partial charge on any atom is 0.254 e. The van der Waals surface area contributed by atoms with Gasteiger partial charge in [0.2, 0.25) is 0 Å². The number of hydrogen-bond acceptors (Lipinski definition) is 2. The van der Waals surface area contributed by atoms with Crippen LogP contribution in [0.1, 0.15) is 37.6 Å². The minimum absolute atomic E-state index is 0.0136. The average molecular weight is 259 g/mol. The molecule has 0 saturated carbocycles. The van der Waals surface area contributed by atoms with Gasteiger partial charge in [-0.15, -0.1) is 0 Å².